The second kappa shape index (κ2) is 3.63. The van der Waals surface area contributed by atoms with Gasteiger partial charge in [0.15, 0.2) is 0 Å². The highest BCUT2D eigenvalue weighted by Gasteiger charge is 2.30. The zero-order valence-electron chi connectivity index (χ0n) is 9.13. The number of aryl methyl sites for hydroxylation is 1. The minimum absolute atomic E-state index is 0.347. The third kappa shape index (κ3) is 1.49. The maximum absolute atomic E-state index is 6.15. The lowest BCUT2D eigenvalue weighted by Gasteiger charge is -2.17. The summed E-state index contributed by atoms with van der Waals surface area (Å²) >= 11 is 0. The predicted octanol–water partition coefficient (Wildman–Crippen LogP) is 1.88. The van der Waals surface area contributed by atoms with Crippen LogP contribution in [0.1, 0.15) is 55.0 Å². The predicted molar refractivity (Wildman–Crippen MR) is 59.8 cm³/mol. The molecule has 0 bridgehead atoms. The third-order valence-electron chi connectivity index (χ3n) is 4.01. The van der Waals surface area contributed by atoms with Crippen LogP contribution in [-0.2, 0) is 12.8 Å². The van der Waals surface area contributed by atoms with Crippen LogP contribution >= 0.6 is 0 Å². The van der Waals surface area contributed by atoms with E-state index in [9.17, 15) is 0 Å². The van der Waals surface area contributed by atoms with Gasteiger partial charge in [0, 0.05) is 17.7 Å². The molecular weight excluding hydrogens is 186 g/mol. The fraction of sp³-hybridized carbons (Fsp3) is 0.750. The van der Waals surface area contributed by atoms with Gasteiger partial charge in [-0.05, 0) is 44.1 Å². The molecule has 0 saturated heterocycles. The molecule has 2 unspecified atom stereocenters. The quantitative estimate of drug-likeness (QED) is 0.735. The van der Waals surface area contributed by atoms with E-state index in [2.05, 4.69) is 10.2 Å². The van der Waals surface area contributed by atoms with E-state index in [1.165, 1.54) is 61.9 Å². The van der Waals surface area contributed by atoms with Crippen LogP contribution in [0.4, 0.5) is 0 Å². The molecular formula is C12H19N3. The third-order valence-corrected chi connectivity index (χ3v) is 4.01. The van der Waals surface area contributed by atoms with E-state index in [0.29, 0.717) is 12.0 Å². The summed E-state index contributed by atoms with van der Waals surface area (Å²) in [6.45, 7) is 0. The summed E-state index contributed by atoms with van der Waals surface area (Å²) in [4.78, 5) is 0. The van der Waals surface area contributed by atoms with Gasteiger partial charge in [-0.1, -0.05) is 6.42 Å². The van der Waals surface area contributed by atoms with Crippen LogP contribution in [-0.4, -0.2) is 16.2 Å². The Kier molecular flexibility index (Phi) is 2.28. The number of nitrogens with zero attached hydrogens (tertiary/aromatic N) is 1. The van der Waals surface area contributed by atoms with Crippen LogP contribution in [0.2, 0.25) is 0 Å². The van der Waals surface area contributed by atoms with E-state index >= 15 is 0 Å². The van der Waals surface area contributed by atoms with Gasteiger partial charge in [-0.3, -0.25) is 5.10 Å². The number of hydrogen-bond donors (Lipinski definition) is 2. The van der Waals surface area contributed by atoms with Crippen LogP contribution in [0, 0.1) is 0 Å². The standard InChI is InChI=1S/C12H19N3/c13-10-6-3-5-8(10)12-9-4-1-2-7-11(9)14-15-12/h8,10H,1-7,13H2,(H,14,15). The van der Waals surface area contributed by atoms with Crippen LogP contribution in [0.15, 0.2) is 0 Å². The number of rotatable bonds is 1. The molecule has 3 N–H and O–H groups in total. The molecule has 1 fully saturated rings. The second-order valence-corrected chi connectivity index (χ2v) is 4.97. The summed E-state index contributed by atoms with van der Waals surface area (Å²) in [6.07, 6.45) is 8.71. The van der Waals surface area contributed by atoms with Gasteiger partial charge >= 0.3 is 0 Å². The van der Waals surface area contributed by atoms with Crippen molar-refractivity contribution in [1.82, 2.24) is 10.2 Å². The van der Waals surface area contributed by atoms with E-state index < -0.39 is 0 Å². The number of hydrogen-bond acceptors (Lipinski definition) is 2. The topological polar surface area (TPSA) is 54.7 Å². The molecule has 1 aromatic heterocycles. The average Bonchev–Trinajstić information content (AvgIpc) is 2.83. The molecule has 0 spiro atoms. The molecule has 0 radical (unpaired) electrons. The molecule has 0 amide bonds. The van der Waals surface area contributed by atoms with Crippen molar-refractivity contribution in [1.29, 1.82) is 0 Å². The molecule has 2 atom stereocenters. The van der Waals surface area contributed by atoms with E-state index in [1.54, 1.807) is 0 Å². The zero-order valence-corrected chi connectivity index (χ0v) is 9.13. The number of H-pyrrole nitrogens is 1. The number of nitrogens with one attached hydrogen (secondary N) is 1. The Morgan fingerprint density at radius 3 is 2.80 bits per heavy atom. The van der Waals surface area contributed by atoms with Gasteiger partial charge in [0.1, 0.15) is 0 Å². The Morgan fingerprint density at radius 1 is 1.13 bits per heavy atom. The first-order chi connectivity index (χ1) is 7.36. The Morgan fingerprint density at radius 2 is 2.00 bits per heavy atom. The molecule has 2 aliphatic carbocycles. The monoisotopic (exact) mass is 205 g/mol. The second-order valence-electron chi connectivity index (χ2n) is 4.97. The van der Waals surface area contributed by atoms with Gasteiger partial charge in [0.05, 0.1) is 5.69 Å². The molecule has 3 nitrogen and oxygen atoms in total. The van der Waals surface area contributed by atoms with Gasteiger partial charge in [-0.15, -0.1) is 0 Å². The highest BCUT2D eigenvalue weighted by molar-refractivity contribution is 5.31. The summed E-state index contributed by atoms with van der Waals surface area (Å²) in [5.74, 6) is 0.531. The van der Waals surface area contributed by atoms with Crippen molar-refractivity contribution in [3.05, 3.63) is 17.0 Å². The smallest absolute Gasteiger partial charge is 0.0703 e. The molecule has 0 aromatic carbocycles. The van der Waals surface area contributed by atoms with Gasteiger partial charge in [-0.25, -0.2) is 0 Å². The first kappa shape index (κ1) is 9.40. The normalized spacial score (nSPS) is 30.5. The molecule has 1 aromatic rings. The Labute approximate surface area is 90.4 Å². The van der Waals surface area contributed by atoms with Crippen molar-refractivity contribution in [3.63, 3.8) is 0 Å². The number of aromatic nitrogens is 2. The van der Waals surface area contributed by atoms with Gasteiger partial charge < -0.3 is 5.73 Å². The van der Waals surface area contributed by atoms with Crippen LogP contribution < -0.4 is 5.73 Å². The van der Waals surface area contributed by atoms with E-state index in [-0.39, 0.29) is 0 Å². The Bertz CT molecular complexity index is 356. The maximum atomic E-state index is 6.15. The van der Waals surface area contributed by atoms with Crippen LogP contribution in [0.5, 0.6) is 0 Å². The van der Waals surface area contributed by atoms with E-state index in [1.807, 2.05) is 0 Å². The summed E-state index contributed by atoms with van der Waals surface area (Å²) in [6, 6.07) is 0.347. The van der Waals surface area contributed by atoms with Gasteiger partial charge in [0.25, 0.3) is 0 Å². The van der Waals surface area contributed by atoms with Gasteiger partial charge in [-0.2, -0.15) is 5.10 Å². The van der Waals surface area contributed by atoms with Crippen molar-refractivity contribution in [3.8, 4) is 0 Å². The minimum atomic E-state index is 0.347. The lowest BCUT2D eigenvalue weighted by Crippen LogP contribution is -2.24. The van der Waals surface area contributed by atoms with E-state index in [0.717, 1.165) is 0 Å². The van der Waals surface area contributed by atoms with Crippen LogP contribution in [0.25, 0.3) is 0 Å². The van der Waals surface area contributed by atoms with Gasteiger partial charge in [0.2, 0.25) is 0 Å². The molecule has 1 saturated carbocycles. The minimum Gasteiger partial charge on any atom is -0.327 e. The summed E-state index contributed by atoms with van der Waals surface area (Å²) in [5, 5.41) is 7.74. The first-order valence-corrected chi connectivity index (χ1v) is 6.18. The molecule has 2 aliphatic rings. The lowest BCUT2D eigenvalue weighted by atomic mass is 9.89. The molecule has 3 rings (SSSR count). The molecule has 0 aliphatic heterocycles. The Hall–Kier alpha value is -0.830. The van der Waals surface area contributed by atoms with Crippen molar-refractivity contribution >= 4 is 0 Å². The molecule has 3 heteroatoms. The largest absolute Gasteiger partial charge is 0.327 e. The summed E-state index contributed by atoms with van der Waals surface area (Å²) in [5.41, 5.74) is 10.3. The highest BCUT2D eigenvalue weighted by Crippen LogP contribution is 2.36. The van der Waals surface area contributed by atoms with E-state index in [4.69, 9.17) is 5.73 Å². The maximum Gasteiger partial charge on any atom is 0.0703 e. The first-order valence-electron chi connectivity index (χ1n) is 6.18. The number of aromatic amines is 1. The zero-order chi connectivity index (χ0) is 10.3. The van der Waals surface area contributed by atoms with Crippen molar-refractivity contribution in [2.75, 3.05) is 0 Å². The fourth-order valence-electron chi connectivity index (χ4n) is 3.14. The lowest BCUT2D eigenvalue weighted by molar-refractivity contribution is 0.587. The summed E-state index contributed by atoms with van der Waals surface area (Å²) in [7, 11) is 0. The molecule has 15 heavy (non-hydrogen) atoms. The van der Waals surface area contributed by atoms with Crippen molar-refractivity contribution in [2.45, 2.75) is 56.9 Å². The fourth-order valence-corrected chi connectivity index (χ4v) is 3.14. The summed E-state index contributed by atoms with van der Waals surface area (Å²) < 4.78 is 0. The van der Waals surface area contributed by atoms with Crippen molar-refractivity contribution in [2.24, 2.45) is 5.73 Å². The van der Waals surface area contributed by atoms with Crippen LogP contribution in [0.3, 0.4) is 0 Å². The molecule has 1 heterocycles. The SMILES string of the molecule is NC1CCCC1c1n[nH]c2c1CCCC2. The number of nitrogens with two attached hydrogens (primary N) is 1. The highest BCUT2D eigenvalue weighted by atomic mass is 15.1. The number of fused-ring (bicyclic) bond motifs is 1. The average molecular weight is 205 g/mol. The van der Waals surface area contributed by atoms with Crippen molar-refractivity contribution < 1.29 is 0 Å². The molecule has 82 valence electrons. The Balaban J connectivity index is 1.94.